The van der Waals surface area contributed by atoms with E-state index in [9.17, 15) is 25.0 Å². The highest BCUT2D eigenvalue weighted by Gasteiger charge is 2.19. The molecule has 9 heteroatoms. The minimum absolute atomic E-state index is 0.0686. The topological polar surface area (TPSA) is 128 Å². The number of hydrogen-bond donors (Lipinski definition) is 1. The van der Waals surface area contributed by atoms with Crippen LogP contribution < -0.4 is 5.43 Å². The average Bonchev–Trinajstić information content (AvgIpc) is 2.61. The Labute approximate surface area is 142 Å². The third-order valence-electron chi connectivity index (χ3n) is 3.38. The lowest BCUT2D eigenvalue weighted by molar-refractivity contribution is -0.394. The second-order valence-corrected chi connectivity index (χ2v) is 5.17. The molecule has 2 rings (SSSR count). The summed E-state index contributed by atoms with van der Waals surface area (Å²) in [5, 5.41) is 25.5. The zero-order chi connectivity index (χ0) is 18.4. The van der Waals surface area contributed by atoms with Crippen LogP contribution in [-0.2, 0) is 0 Å². The molecule has 1 atom stereocenters. The largest absolute Gasteiger partial charge is 0.277 e. The van der Waals surface area contributed by atoms with E-state index < -0.39 is 27.1 Å². The molecule has 0 bridgehead atoms. The van der Waals surface area contributed by atoms with Crippen molar-refractivity contribution in [3.05, 3.63) is 79.9 Å². The van der Waals surface area contributed by atoms with Crippen LogP contribution in [0.5, 0.6) is 0 Å². The molecule has 9 nitrogen and oxygen atoms in total. The molecule has 0 saturated carbocycles. The molecule has 1 amide bonds. The lowest BCUT2D eigenvalue weighted by Crippen LogP contribution is -2.18. The van der Waals surface area contributed by atoms with Crippen LogP contribution in [0.25, 0.3) is 0 Å². The van der Waals surface area contributed by atoms with Gasteiger partial charge < -0.3 is 0 Å². The summed E-state index contributed by atoms with van der Waals surface area (Å²) in [5.74, 6) is -0.843. The molecule has 0 saturated heterocycles. The zero-order valence-electron chi connectivity index (χ0n) is 13.2. The molecule has 0 aliphatic heterocycles. The van der Waals surface area contributed by atoms with Crippen LogP contribution in [0.2, 0.25) is 0 Å². The van der Waals surface area contributed by atoms with E-state index in [1.165, 1.54) is 6.21 Å². The van der Waals surface area contributed by atoms with Gasteiger partial charge in [-0.25, -0.2) is 5.43 Å². The normalized spacial score (nSPS) is 11.9. The fourth-order valence-electron chi connectivity index (χ4n) is 2.05. The van der Waals surface area contributed by atoms with Crippen molar-refractivity contribution in [2.24, 2.45) is 5.10 Å². The van der Waals surface area contributed by atoms with Gasteiger partial charge in [0.15, 0.2) is 0 Å². The van der Waals surface area contributed by atoms with Crippen molar-refractivity contribution in [1.29, 1.82) is 0 Å². The van der Waals surface area contributed by atoms with Gasteiger partial charge in [-0.15, -0.1) is 0 Å². The van der Waals surface area contributed by atoms with Crippen LogP contribution in [0.3, 0.4) is 0 Å². The second-order valence-electron chi connectivity index (χ2n) is 5.17. The van der Waals surface area contributed by atoms with Crippen molar-refractivity contribution in [3.8, 4) is 0 Å². The SMILES string of the molecule is C[C@@H](/C=N\NC(=O)c1cc([N+](=O)[O-])cc([N+](=O)[O-])c1)c1ccccc1. The number of hydrogen-bond acceptors (Lipinski definition) is 6. The van der Waals surface area contributed by atoms with E-state index in [1.54, 1.807) is 0 Å². The molecule has 128 valence electrons. The molecule has 0 unspecified atom stereocenters. The van der Waals surface area contributed by atoms with Gasteiger partial charge >= 0.3 is 0 Å². The van der Waals surface area contributed by atoms with Gasteiger partial charge in [0, 0.05) is 24.3 Å². The molecule has 2 aromatic rings. The molecule has 0 radical (unpaired) electrons. The average molecular weight is 342 g/mol. The molecule has 0 heterocycles. The third kappa shape index (κ3) is 4.67. The molecule has 0 aromatic heterocycles. The Morgan fingerprint density at radius 3 is 2.16 bits per heavy atom. The highest BCUT2D eigenvalue weighted by atomic mass is 16.6. The number of amides is 1. The zero-order valence-corrected chi connectivity index (χ0v) is 13.2. The predicted octanol–water partition coefficient (Wildman–Crippen LogP) is 3.02. The molecular weight excluding hydrogens is 328 g/mol. The van der Waals surface area contributed by atoms with E-state index in [0.29, 0.717) is 0 Å². The molecule has 0 fully saturated rings. The minimum Gasteiger partial charge on any atom is -0.267 e. The van der Waals surface area contributed by atoms with E-state index in [1.807, 2.05) is 37.3 Å². The quantitative estimate of drug-likeness (QED) is 0.490. The van der Waals surface area contributed by atoms with Gasteiger partial charge in [-0.2, -0.15) is 5.10 Å². The summed E-state index contributed by atoms with van der Waals surface area (Å²) in [7, 11) is 0. The fraction of sp³-hybridized carbons (Fsp3) is 0.125. The van der Waals surface area contributed by atoms with Gasteiger partial charge in [0.2, 0.25) is 0 Å². The Bertz CT molecular complexity index is 803. The van der Waals surface area contributed by atoms with Crippen molar-refractivity contribution < 1.29 is 14.6 Å². The van der Waals surface area contributed by atoms with E-state index in [2.05, 4.69) is 10.5 Å². The number of rotatable bonds is 6. The Morgan fingerprint density at radius 1 is 1.08 bits per heavy atom. The monoisotopic (exact) mass is 342 g/mol. The third-order valence-corrected chi connectivity index (χ3v) is 3.38. The van der Waals surface area contributed by atoms with Crippen LogP contribution in [-0.4, -0.2) is 22.0 Å². The van der Waals surface area contributed by atoms with Gasteiger partial charge in [-0.1, -0.05) is 37.3 Å². The molecule has 2 aromatic carbocycles. The van der Waals surface area contributed by atoms with E-state index in [4.69, 9.17) is 0 Å². The summed E-state index contributed by atoms with van der Waals surface area (Å²) in [6, 6.07) is 12.1. The minimum atomic E-state index is -0.801. The van der Waals surface area contributed by atoms with E-state index in [-0.39, 0.29) is 11.5 Å². The number of carbonyl (C=O) groups is 1. The molecule has 25 heavy (non-hydrogen) atoms. The van der Waals surface area contributed by atoms with Crippen LogP contribution in [0.4, 0.5) is 11.4 Å². The standard InChI is InChI=1S/C16H14N4O5/c1-11(12-5-3-2-4-6-12)10-17-18-16(21)13-7-14(19(22)23)9-15(8-13)20(24)25/h2-11H,1H3,(H,18,21)/b17-10-/t11-/m0/s1. The van der Waals surface area contributed by atoms with Crippen LogP contribution in [0.15, 0.2) is 53.6 Å². The number of benzene rings is 2. The summed E-state index contributed by atoms with van der Waals surface area (Å²) in [5.41, 5.74) is 1.91. The first-order valence-corrected chi connectivity index (χ1v) is 7.21. The number of nitrogens with one attached hydrogen (secondary N) is 1. The van der Waals surface area contributed by atoms with Crippen molar-refractivity contribution >= 4 is 23.5 Å². The van der Waals surface area contributed by atoms with Gasteiger partial charge in [0.1, 0.15) is 0 Å². The second kappa shape index (κ2) is 7.77. The first kappa shape index (κ1) is 17.7. The number of nitrogens with zero attached hydrogens (tertiary/aromatic N) is 3. The van der Waals surface area contributed by atoms with Crippen molar-refractivity contribution in [2.45, 2.75) is 12.8 Å². The van der Waals surface area contributed by atoms with Crippen LogP contribution >= 0.6 is 0 Å². The maximum atomic E-state index is 12.0. The number of carbonyl (C=O) groups excluding carboxylic acids is 1. The van der Waals surface area contributed by atoms with Gasteiger partial charge in [0.05, 0.1) is 21.5 Å². The summed E-state index contributed by atoms with van der Waals surface area (Å²) >= 11 is 0. The maximum absolute atomic E-state index is 12.0. The number of hydrazone groups is 1. The first-order valence-electron chi connectivity index (χ1n) is 7.21. The van der Waals surface area contributed by atoms with E-state index in [0.717, 1.165) is 23.8 Å². The number of nitro groups is 2. The fourth-order valence-corrected chi connectivity index (χ4v) is 2.05. The number of non-ortho nitro benzene ring substituents is 2. The Balaban J connectivity index is 2.14. The van der Waals surface area contributed by atoms with Gasteiger partial charge in [0.25, 0.3) is 17.3 Å². The Kier molecular flexibility index (Phi) is 5.51. The summed E-state index contributed by atoms with van der Waals surface area (Å²) in [6.45, 7) is 1.88. The van der Waals surface area contributed by atoms with Crippen molar-refractivity contribution in [1.82, 2.24) is 5.43 Å². The Morgan fingerprint density at radius 2 is 1.64 bits per heavy atom. The van der Waals surface area contributed by atoms with Gasteiger partial charge in [-0.05, 0) is 5.56 Å². The highest BCUT2D eigenvalue weighted by Crippen LogP contribution is 2.22. The van der Waals surface area contributed by atoms with Gasteiger partial charge in [-0.3, -0.25) is 25.0 Å². The predicted molar refractivity (Wildman–Crippen MR) is 90.6 cm³/mol. The molecule has 0 aliphatic rings. The molecule has 0 spiro atoms. The van der Waals surface area contributed by atoms with Crippen LogP contribution in [0, 0.1) is 20.2 Å². The lowest BCUT2D eigenvalue weighted by Gasteiger charge is -2.05. The van der Waals surface area contributed by atoms with E-state index >= 15 is 0 Å². The summed E-state index contributed by atoms with van der Waals surface area (Å²) in [6.07, 6.45) is 1.50. The molecule has 0 aliphatic carbocycles. The summed E-state index contributed by atoms with van der Waals surface area (Å²) < 4.78 is 0. The molecular formula is C16H14N4O5. The summed E-state index contributed by atoms with van der Waals surface area (Å²) in [4.78, 5) is 32.1. The number of nitro benzene ring substituents is 2. The highest BCUT2D eigenvalue weighted by molar-refractivity contribution is 5.95. The lowest BCUT2D eigenvalue weighted by atomic mass is 10.0. The smallest absolute Gasteiger partial charge is 0.267 e. The molecule has 1 N–H and O–H groups in total. The maximum Gasteiger partial charge on any atom is 0.277 e. The Hall–Kier alpha value is -3.62. The van der Waals surface area contributed by atoms with Crippen molar-refractivity contribution in [2.75, 3.05) is 0 Å². The first-order chi connectivity index (χ1) is 11.9. The van der Waals surface area contributed by atoms with Crippen molar-refractivity contribution in [3.63, 3.8) is 0 Å². The van der Waals surface area contributed by atoms with Crippen LogP contribution in [0.1, 0.15) is 28.8 Å².